The Bertz CT molecular complexity index is 1300. The molecule has 5 rings (SSSR count). The number of hydrogen-bond acceptors (Lipinski definition) is 4. The molecule has 1 atom stereocenters. The molecule has 1 amide bonds. The molecule has 3 aromatic carbocycles. The molecule has 0 bridgehead atoms. The van der Waals surface area contributed by atoms with Crippen molar-refractivity contribution in [1.29, 1.82) is 0 Å². The second-order valence-corrected chi connectivity index (χ2v) is 8.71. The largest absolute Gasteiger partial charge is 0.493 e. The highest BCUT2D eigenvalue weighted by molar-refractivity contribution is 6.33. The molecule has 5 nitrogen and oxygen atoms in total. The van der Waals surface area contributed by atoms with Gasteiger partial charge in [-0.15, -0.1) is 0 Å². The van der Waals surface area contributed by atoms with Crippen LogP contribution in [0.1, 0.15) is 44.4 Å². The summed E-state index contributed by atoms with van der Waals surface area (Å²) in [5.74, 6) is 1.06. The molecule has 0 saturated carbocycles. The van der Waals surface area contributed by atoms with Crippen LogP contribution < -0.4 is 10.1 Å². The van der Waals surface area contributed by atoms with Crippen LogP contribution in [0.4, 0.5) is 0 Å². The summed E-state index contributed by atoms with van der Waals surface area (Å²) >= 11 is 12.8. The zero-order valence-electron chi connectivity index (χ0n) is 17.6. The summed E-state index contributed by atoms with van der Waals surface area (Å²) in [5.41, 5.74) is 4.10. The minimum atomic E-state index is -0.519. The van der Waals surface area contributed by atoms with Crippen molar-refractivity contribution >= 4 is 29.1 Å². The normalized spacial score (nSPS) is 13.3. The van der Waals surface area contributed by atoms with Gasteiger partial charge in [0.25, 0.3) is 5.91 Å². The maximum Gasteiger partial charge on any atom is 0.257 e. The second kappa shape index (κ2) is 9.30. The molecule has 0 fully saturated rings. The first-order chi connectivity index (χ1) is 16.1. The topological polar surface area (TPSA) is 64.4 Å². The van der Waals surface area contributed by atoms with Gasteiger partial charge in [-0.05, 0) is 52.6 Å². The Morgan fingerprint density at radius 3 is 2.76 bits per heavy atom. The van der Waals surface area contributed by atoms with Gasteiger partial charge >= 0.3 is 0 Å². The van der Waals surface area contributed by atoms with Crippen LogP contribution in [0.15, 0.2) is 77.4 Å². The van der Waals surface area contributed by atoms with Gasteiger partial charge in [-0.3, -0.25) is 4.79 Å². The number of amides is 1. The van der Waals surface area contributed by atoms with E-state index in [-0.39, 0.29) is 5.91 Å². The Morgan fingerprint density at radius 2 is 1.91 bits per heavy atom. The van der Waals surface area contributed by atoms with Crippen LogP contribution in [0.3, 0.4) is 0 Å². The third-order valence-electron chi connectivity index (χ3n) is 5.69. The summed E-state index contributed by atoms with van der Waals surface area (Å²) in [7, 11) is 0. The second-order valence-electron chi connectivity index (χ2n) is 7.86. The quantitative estimate of drug-likeness (QED) is 0.367. The highest BCUT2D eigenvalue weighted by Crippen LogP contribution is 2.34. The Balaban J connectivity index is 1.49. The molecule has 0 aliphatic carbocycles. The van der Waals surface area contributed by atoms with Crippen molar-refractivity contribution in [3.8, 4) is 5.75 Å². The molecule has 166 valence electrons. The van der Waals surface area contributed by atoms with Crippen molar-refractivity contribution in [2.75, 3.05) is 6.61 Å². The van der Waals surface area contributed by atoms with E-state index in [4.69, 9.17) is 32.5 Å². The third-order valence-corrected chi connectivity index (χ3v) is 6.27. The van der Waals surface area contributed by atoms with Crippen molar-refractivity contribution in [3.63, 3.8) is 0 Å². The number of halogens is 2. The number of carbonyl (C=O) groups excluding carboxylic acids is 1. The number of aromatic nitrogens is 1. The standard InChI is InChI=1S/C26H20Cl2N2O3/c27-19-7-8-22(28)20(14-19)25(18-6-9-23-17(13-18)10-11-32-23)30-26(31)21-15-29-33-24(21)12-16-4-2-1-3-5-16/h1-9,13-15,25H,10-12H2,(H,30,31). The summed E-state index contributed by atoms with van der Waals surface area (Å²) in [6, 6.07) is 20.4. The van der Waals surface area contributed by atoms with Gasteiger partial charge < -0.3 is 14.6 Å². The SMILES string of the molecule is O=C(NC(c1ccc2c(c1)CCO2)c1cc(Cl)ccc1Cl)c1cnoc1Cc1ccccc1. The fraction of sp³-hybridized carbons (Fsp3) is 0.154. The van der Waals surface area contributed by atoms with E-state index in [1.807, 2.05) is 48.5 Å². The number of benzene rings is 3. The fourth-order valence-electron chi connectivity index (χ4n) is 4.03. The first kappa shape index (κ1) is 21.6. The van der Waals surface area contributed by atoms with E-state index in [0.29, 0.717) is 40.0 Å². The van der Waals surface area contributed by atoms with Crippen LogP contribution in [0.5, 0.6) is 5.75 Å². The van der Waals surface area contributed by atoms with Gasteiger partial charge in [-0.25, -0.2) is 0 Å². The number of rotatable bonds is 6. The lowest BCUT2D eigenvalue weighted by atomic mass is 9.95. The third kappa shape index (κ3) is 4.61. The van der Waals surface area contributed by atoms with Gasteiger partial charge in [-0.1, -0.05) is 64.8 Å². The van der Waals surface area contributed by atoms with Crippen molar-refractivity contribution in [2.45, 2.75) is 18.9 Å². The monoisotopic (exact) mass is 478 g/mol. The van der Waals surface area contributed by atoms with Gasteiger partial charge in [-0.2, -0.15) is 0 Å². The molecule has 1 aromatic heterocycles. The van der Waals surface area contributed by atoms with Crippen LogP contribution in [-0.4, -0.2) is 17.7 Å². The number of hydrogen-bond donors (Lipinski definition) is 1. The van der Waals surface area contributed by atoms with Crippen LogP contribution in [0.2, 0.25) is 10.0 Å². The van der Waals surface area contributed by atoms with Crippen LogP contribution in [-0.2, 0) is 12.8 Å². The molecule has 1 unspecified atom stereocenters. The molecule has 7 heteroatoms. The maximum atomic E-state index is 13.4. The zero-order valence-corrected chi connectivity index (χ0v) is 19.1. The van der Waals surface area contributed by atoms with E-state index >= 15 is 0 Å². The van der Waals surface area contributed by atoms with E-state index < -0.39 is 6.04 Å². The van der Waals surface area contributed by atoms with Crippen LogP contribution >= 0.6 is 23.2 Å². The van der Waals surface area contributed by atoms with E-state index in [2.05, 4.69) is 10.5 Å². The lowest BCUT2D eigenvalue weighted by Gasteiger charge is -2.22. The summed E-state index contributed by atoms with van der Waals surface area (Å²) < 4.78 is 11.1. The highest BCUT2D eigenvalue weighted by Gasteiger charge is 2.25. The Labute approximate surface area is 201 Å². The van der Waals surface area contributed by atoms with Crippen LogP contribution in [0, 0.1) is 0 Å². The van der Waals surface area contributed by atoms with E-state index in [0.717, 1.165) is 28.9 Å². The van der Waals surface area contributed by atoms with E-state index in [1.165, 1.54) is 6.20 Å². The molecule has 4 aromatic rings. The predicted octanol–water partition coefficient (Wildman–Crippen LogP) is 6.03. The Kier molecular flexibility index (Phi) is 6.07. The summed E-state index contributed by atoms with van der Waals surface area (Å²) in [5, 5.41) is 8.03. The zero-order chi connectivity index (χ0) is 22.8. The number of fused-ring (bicyclic) bond motifs is 1. The first-order valence-corrected chi connectivity index (χ1v) is 11.3. The minimum absolute atomic E-state index is 0.306. The highest BCUT2D eigenvalue weighted by atomic mass is 35.5. The number of carbonyl (C=O) groups is 1. The van der Waals surface area contributed by atoms with E-state index in [1.54, 1.807) is 18.2 Å². The maximum absolute atomic E-state index is 13.4. The van der Waals surface area contributed by atoms with E-state index in [9.17, 15) is 4.79 Å². The van der Waals surface area contributed by atoms with Crippen LogP contribution in [0.25, 0.3) is 0 Å². The van der Waals surface area contributed by atoms with Crippen molar-refractivity contribution in [1.82, 2.24) is 10.5 Å². The van der Waals surface area contributed by atoms with Gasteiger partial charge in [0, 0.05) is 22.9 Å². The summed E-state index contributed by atoms with van der Waals surface area (Å²) in [6.45, 7) is 0.650. The number of ether oxygens (including phenoxy) is 1. The van der Waals surface area contributed by atoms with Gasteiger partial charge in [0.1, 0.15) is 11.3 Å². The lowest BCUT2D eigenvalue weighted by Crippen LogP contribution is -2.30. The smallest absolute Gasteiger partial charge is 0.257 e. The van der Waals surface area contributed by atoms with Gasteiger partial charge in [0.2, 0.25) is 0 Å². The molecular weight excluding hydrogens is 459 g/mol. The Hall–Kier alpha value is -3.28. The first-order valence-electron chi connectivity index (χ1n) is 10.6. The molecular formula is C26H20Cl2N2O3. The molecule has 0 radical (unpaired) electrons. The average Bonchev–Trinajstić information content (AvgIpc) is 3.49. The molecule has 0 saturated heterocycles. The summed E-state index contributed by atoms with van der Waals surface area (Å²) in [6.07, 6.45) is 2.73. The Morgan fingerprint density at radius 1 is 1.06 bits per heavy atom. The molecule has 1 aliphatic rings. The van der Waals surface area contributed by atoms with Gasteiger partial charge in [0.05, 0.1) is 18.8 Å². The van der Waals surface area contributed by atoms with Gasteiger partial charge in [0.15, 0.2) is 5.76 Å². The summed E-state index contributed by atoms with van der Waals surface area (Å²) in [4.78, 5) is 13.4. The minimum Gasteiger partial charge on any atom is -0.493 e. The molecule has 2 heterocycles. The van der Waals surface area contributed by atoms with Crippen molar-refractivity contribution in [2.24, 2.45) is 0 Å². The molecule has 1 aliphatic heterocycles. The van der Waals surface area contributed by atoms with Crippen molar-refractivity contribution in [3.05, 3.63) is 117 Å². The fourth-order valence-corrected chi connectivity index (χ4v) is 4.44. The predicted molar refractivity (Wildman–Crippen MR) is 127 cm³/mol. The average molecular weight is 479 g/mol. The number of nitrogens with zero attached hydrogens (tertiary/aromatic N) is 1. The lowest BCUT2D eigenvalue weighted by molar-refractivity contribution is 0.0941. The molecule has 1 N–H and O–H groups in total. The molecule has 33 heavy (non-hydrogen) atoms. The number of nitrogens with one attached hydrogen (secondary N) is 1. The molecule has 0 spiro atoms. The van der Waals surface area contributed by atoms with Crippen molar-refractivity contribution < 1.29 is 14.1 Å².